The summed E-state index contributed by atoms with van der Waals surface area (Å²) in [6, 6.07) is 3.63. The van der Waals surface area contributed by atoms with Gasteiger partial charge in [-0.1, -0.05) is 13.8 Å². The third-order valence-corrected chi connectivity index (χ3v) is 4.92. The first-order valence-corrected chi connectivity index (χ1v) is 8.12. The number of carbonyl (C=O) groups excluding carboxylic acids is 1. The molecule has 0 aliphatic carbocycles. The first kappa shape index (κ1) is 18.1. The number of thiazole rings is 1. The smallest absolute Gasteiger partial charge is 0.243 e. The quantitative estimate of drug-likeness (QED) is 0.884. The molecule has 0 aliphatic heterocycles. The molecule has 2 rings (SSSR count). The number of aromatic nitrogens is 1. The standard InChI is InChI=1S/C14H19N3OS2.ClH/c1-7(2)11(15)13(18)17-14-16-12(9(4)20-14)10-6-5-8(3)19-10;/h5-7,11H,15H2,1-4H3,(H,16,17,18);1H/t11-;/m0./s1. The molecule has 0 aliphatic rings. The molecular weight excluding hydrogens is 326 g/mol. The second kappa shape index (κ2) is 7.35. The van der Waals surface area contributed by atoms with Gasteiger partial charge in [0, 0.05) is 9.75 Å². The third-order valence-electron chi connectivity index (χ3n) is 3.02. The lowest BCUT2D eigenvalue weighted by Crippen LogP contribution is -2.39. The van der Waals surface area contributed by atoms with E-state index in [4.69, 9.17) is 5.73 Å². The summed E-state index contributed by atoms with van der Waals surface area (Å²) < 4.78 is 0. The maximum absolute atomic E-state index is 11.9. The van der Waals surface area contributed by atoms with Crippen LogP contribution in [0.2, 0.25) is 0 Å². The number of rotatable bonds is 4. The zero-order valence-corrected chi connectivity index (χ0v) is 14.9. The minimum Gasteiger partial charge on any atom is -0.320 e. The second-order valence-electron chi connectivity index (χ2n) is 5.09. The van der Waals surface area contributed by atoms with E-state index in [0.29, 0.717) is 5.13 Å². The largest absolute Gasteiger partial charge is 0.320 e. The highest BCUT2D eigenvalue weighted by Gasteiger charge is 2.19. The zero-order valence-electron chi connectivity index (χ0n) is 12.5. The molecule has 1 amide bonds. The number of nitrogens with one attached hydrogen (secondary N) is 1. The summed E-state index contributed by atoms with van der Waals surface area (Å²) in [6.07, 6.45) is 0. The third kappa shape index (κ3) is 4.26. The fourth-order valence-corrected chi connectivity index (χ4v) is 3.54. The van der Waals surface area contributed by atoms with Gasteiger partial charge in [0.15, 0.2) is 5.13 Å². The number of aryl methyl sites for hydroxylation is 2. The summed E-state index contributed by atoms with van der Waals surface area (Å²) in [4.78, 5) is 19.9. The molecule has 0 saturated carbocycles. The van der Waals surface area contributed by atoms with Gasteiger partial charge in [0.2, 0.25) is 5.91 Å². The van der Waals surface area contributed by atoms with Crippen LogP contribution in [0.5, 0.6) is 0 Å². The maximum Gasteiger partial charge on any atom is 0.243 e. The van der Waals surface area contributed by atoms with E-state index in [1.165, 1.54) is 16.2 Å². The van der Waals surface area contributed by atoms with Gasteiger partial charge in [0.05, 0.1) is 16.6 Å². The van der Waals surface area contributed by atoms with Gasteiger partial charge in [-0.2, -0.15) is 0 Å². The van der Waals surface area contributed by atoms with E-state index >= 15 is 0 Å². The van der Waals surface area contributed by atoms with Crippen LogP contribution in [0.1, 0.15) is 23.6 Å². The number of hydrogen-bond donors (Lipinski definition) is 2. The van der Waals surface area contributed by atoms with Crippen LogP contribution in [0.25, 0.3) is 10.6 Å². The van der Waals surface area contributed by atoms with Crippen molar-refractivity contribution in [3.05, 3.63) is 21.9 Å². The van der Waals surface area contributed by atoms with Crippen molar-refractivity contribution in [1.82, 2.24) is 4.98 Å². The number of hydrogen-bond acceptors (Lipinski definition) is 5. The van der Waals surface area contributed by atoms with Gasteiger partial charge in [-0.25, -0.2) is 4.98 Å². The molecule has 2 aromatic rings. The van der Waals surface area contributed by atoms with Crippen molar-refractivity contribution in [3.63, 3.8) is 0 Å². The van der Waals surface area contributed by atoms with Crippen molar-refractivity contribution in [2.75, 3.05) is 5.32 Å². The van der Waals surface area contributed by atoms with Crippen LogP contribution in [0.4, 0.5) is 5.13 Å². The number of thiophene rings is 1. The van der Waals surface area contributed by atoms with E-state index in [0.717, 1.165) is 15.4 Å². The van der Waals surface area contributed by atoms with E-state index in [2.05, 4.69) is 29.4 Å². The van der Waals surface area contributed by atoms with Crippen molar-refractivity contribution < 1.29 is 4.79 Å². The SMILES string of the molecule is Cc1ccc(-c2nc(NC(=O)[C@@H](N)C(C)C)sc2C)s1.Cl. The normalized spacial score (nSPS) is 12.1. The van der Waals surface area contributed by atoms with Crippen LogP contribution in [0, 0.1) is 19.8 Å². The summed E-state index contributed by atoms with van der Waals surface area (Å²) in [5, 5.41) is 3.42. The van der Waals surface area contributed by atoms with Gasteiger partial charge in [-0.05, 0) is 31.9 Å². The Morgan fingerprint density at radius 2 is 1.95 bits per heavy atom. The molecule has 0 aromatic carbocycles. The molecule has 0 saturated heterocycles. The maximum atomic E-state index is 11.9. The molecule has 0 fully saturated rings. The average Bonchev–Trinajstić information content (AvgIpc) is 2.94. The Hall–Kier alpha value is -0.950. The van der Waals surface area contributed by atoms with E-state index in [1.54, 1.807) is 11.3 Å². The molecule has 21 heavy (non-hydrogen) atoms. The fourth-order valence-electron chi connectivity index (χ4n) is 1.73. The Balaban J connectivity index is 0.00000220. The lowest BCUT2D eigenvalue weighted by Gasteiger charge is -2.13. The Bertz CT molecular complexity index is 622. The fraction of sp³-hybridized carbons (Fsp3) is 0.429. The Kier molecular flexibility index (Phi) is 6.34. The van der Waals surface area contributed by atoms with Crippen molar-refractivity contribution in [1.29, 1.82) is 0 Å². The highest BCUT2D eigenvalue weighted by molar-refractivity contribution is 7.18. The Morgan fingerprint density at radius 3 is 2.48 bits per heavy atom. The molecule has 0 spiro atoms. The topological polar surface area (TPSA) is 68.0 Å². The predicted octanol–water partition coefficient (Wildman–Crippen LogP) is 3.83. The van der Waals surface area contributed by atoms with Gasteiger partial charge in [-0.3, -0.25) is 4.79 Å². The minimum atomic E-state index is -0.508. The van der Waals surface area contributed by atoms with Crippen molar-refractivity contribution in [2.24, 2.45) is 11.7 Å². The number of carbonyl (C=O) groups is 1. The average molecular weight is 346 g/mol. The van der Waals surface area contributed by atoms with E-state index < -0.39 is 6.04 Å². The Labute approximate surface area is 139 Å². The second-order valence-corrected chi connectivity index (χ2v) is 7.58. The summed E-state index contributed by atoms with van der Waals surface area (Å²) >= 11 is 3.19. The van der Waals surface area contributed by atoms with Crippen molar-refractivity contribution in [2.45, 2.75) is 33.7 Å². The summed E-state index contributed by atoms with van der Waals surface area (Å²) in [7, 11) is 0. The molecule has 0 bridgehead atoms. The minimum absolute atomic E-state index is 0. The Morgan fingerprint density at radius 1 is 1.29 bits per heavy atom. The molecule has 0 radical (unpaired) electrons. The number of halogens is 1. The molecule has 3 N–H and O–H groups in total. The number of nitrogens with two attached hydrogens (primary N) is 1. The van der Waals surface area contributed by atoms with Crippen LogP contribution < -0.4 is 11.1 Å². The van der Waals surface area contributed by atoms with Crippen LogP contribution >= 0.6 is 35.1 Å². The molecule has 4 nitrogen and oxygen atoms in total. The summed E-state index contributed by atoms with van der Waals surface area (Å²) in [6.45, 7) is 7.94. The van der Waals surface area contributed by atoms with Gasteiger partial charge < -0.3 is 11.1 Å². The number of anilines is 1. The van der Waals surface area contributed by atoms with E-state index in [1.807, 2.05) is 20.8 Å². The number of amides is 1. The predicted molar refractivity (Wildman–Crippen MR) is 93.6 cm³/mol. The first-order valence-electron chi connectivity index (χ1n) is 6.49. The van der Waals surface area contributed by atoms with Crippen molar-refractivity contribution >= 4 is 46.1 Å². The van der Waals surface area contributed by atoms with Crippen LogP contribution in [0.15, 0.2) is 12.1 Å². The molecule has 2 heterocycles. The monoisotopic (exact) mass is 345 g/mol. The molecule has 7 heteroatoms. The molecule has 0 unspecified atom stereocenters. The highest BCUT2D eigenvalue weighted by Crippen LogP contribution is 2.34. The summed E-state index contributed by atoms with van der Waals surface area (Å²) in [5.41, 5.74) is 6.78. The first-order chi connectivity index (χ1) is 9.38. The molecule has 2 aromatic heterocycles. The van der Waals surface area contributed by atoms with Crippen LogP contribution in [-0.4, -0.2) is 16.9 Å². The number of nitrogens with zero attached hydrogens (tertiary/aromatic N) is 1. The van der Waals surface area contributed by atoms with Crippen molar-refractivity contribution in [3.8, 4) is 10.6 Å². The lowest BCUT2D eigenvalue weighted by atomic mass is 10.1. The highest BCUT2D eigenvalue weighted by atomic mass is 35.5. The van der Waals surface area contributed by atoms with Gasteiger partial charge in [0.25, 0.3) is 0 Å². The van der Waals surface area contributed by atoms with Crippen LogP contribution in [0.3, 0.4) is 0 Å². The zero-order chi connectivity index (χ0) is 14.9. The van der Waals surface area contributed by atoms with Gasteiger partial charge >= 0.3 is 0 Å². The molecule has 1 atom stereocenters. The van der Waals surface area contributed by atoms with E-state index in [-0.39, 0.29) is 24.2 Å². The summed E-state index contributed by atoms with van der Waals surface area (Å²) in [5.74, 6) is -0.0712. The lowest BCUT2D eigenvalue weighted by molar-refractivity contribution is -0.118. The van der Waals surface area contributed by atoms with Gasteiger partial charge in [-0.15, -0.1) is 35.1 Å². The van der Waals surface area contributed by atoms with Crippen LogP contribution in [-0.2, 0) is 4.79 Å². The van der Waals surface area contributed by atoms with Gasteiger partial charge in [0.1, 0.15) is 0 Å². The molecule has 116 valence electrons. The van der Waals surface area contributed by atoms with E-state index in [9.17, 15) is 4.79 Å². The molecular formula is C14H20ClN3OS2.